The first-order valence-corrected chi connectivity index (χ1v) is 8.71. The largest absolute Gasteiger partial charge is 0.392 e. The van der Waals surface area contributed by atoms with Crippen LogP contribution in [0.5, 0.6) is 0 Å². The second kappa shape index (κ2) is 6.69. The number of benzene rings is 3. The average molecular weight is 331 g/mol. The van der Waals surface area contributed by atoms with E-state index in [1.54, 1.807) is 0 Å². The van der Waals surface area contributed by atoms with Crippen molar-refractivity contribution >= 4 is 16.7 Å². The SMILES string of the molecule is O=C(NCc1ccccc1CO)C1CC1c1cccc2ccccc12. The lowest BCUT2D eigenvalue weighted by molar-refractivity contribution is -0.122. The molecule has 1 saturated carbocycles. The summed E-state index contributed by atoms with van der Waals surface area (Å²) in [5, 5.41) is 14.9. The highest BCUT2D eigenvalue weighted by Gasteiger charge is 2.44. The van der Waals surface area contributed by atoms with Crippen molar-refractivity contribution in [1.29, 1.82) is 0 Å². The summed E-state index contributed by atoms with van der Waals surface area (Å²) in [6.45, 7) is 0.461. The van der Waals surface area contributed by atoms with Crippen LogP contribution in [0.25, 0.3) is 10.8 Å². The summed E-state index contributed by atoms with van der Waals surface area (Å²) in [6.07, 6.45) is 0.904. The highest BCUT2D eigenvalue weighted by Crippen LogP contribution is 2.49. The summed E-state index contributed by atoms with van der Waals surface area (Å²) in [5.41, 5.74) is 3.11. The number of nitrogens with one attached hydrogen (secondary N) is 1. The zero-order valence-electron chi connectivity index (χ0n) is 14.0. The molecule has 2 N–H and O–H groups in total. The Morgan fingerprint density at radius 2 is 1.68 bits per heavy atom. The molecule has 0 radical (unpaired) electrons. The van der Waals surface area contributed by atoms with E-state index >= 15 is 0 Å². The Bertz CT molecular complexity index is 913. The predicted octanol–water partition coefficient (Wildman–Crippen LogP) is 3.75. The molecule has 126 valence electrons. The summed E-state index contributed by atoms with van der Waals surface area (Å²) in [6, 6.07) is 22.3. The summed E-state index contributed by atoms with van der Waals surface area (Å²) in [7, 11) is 0. The molecule has 25 heavy (non-hydrogen) atoms. The van der Waals surface area contributed by atoms with E-state index in [-0.39, 0.29) is 18.4 Å². The Labute approximate surface area is 147 Å². The van der Waals surface area contributed by atoms with Crippen molar-refractivity contribution in [3.05, 3.63) is 83.4 Å². The van der Waals surface area contributed by atoms with Crippen LogP contribution in [-0.2, 0) is 17.9 Å². The lowest BCUT2D eigenvalue weighted by Gasteiger charge is -2.09. The molecule has 1 fully saturated rings. The van der Waals surface area contributed by atoms with E-state index in [0.29, 0.717) is 12.5 Å². The standard InChI is InChI=1S/C22H21NO2/c24-14-17-8-2-1-7-16(17)13-23-22(25)21-12-20(21)19-11-5-9-15-6-3-4-10-18(15)19/h1-11,20-21,24H,12-14H2,(H,23,25). The van der Waals surface area contributed by atoms with Gasteiger partial charge in [-0.3, -0.25) is 4.79 Å². The molecule has 0 heterocycles. The minimum atomic E-state index is -0.00585. The fraction of sp³-hybridized carbons (Fsp3) is 0.227. The molecule has 0 aliphatic heterocycles. The van der Waals surface area contributed by atoms with Gasteiger partial charge in [-0.2, -0.15) is 0 Å². The second-order valence-electron chi connectivity index (χ2n) is 6.66. The van der Waals surface area contributed by atoms with Gasteiger partial charge in [-0.1, -0.05) is 66.7 Å². The molecule has 0 aromatic heterocycles. The number of fused-ring (bicyclic) bond motifs is 1. The Morgan fingerprint density at radius 3 is 2.52 bits per heavy atom. The topological polar surface area (TPSA) is 49.3 Å². The molecule has 3 aromatic carbocycles. The monoisotopic (exact) mass is 331 g/mol. The van der Waals surface area contributed by atoms with Crippen LogP contribution in [0.1, 0.15) is 29.0 Å². The van der Waals surface area contributed by atoms with Crippen molar-refractivity contribution in [3.8, 4) is 0 Å². The van der Waals surface area contributed by atoms with Crippen molar-refractivity contribution in [3.63, 3.8) is 0 Å². The van der Waals surface area contributed by atoms with E-state index in [9.17, 15) is 9.90 Å². The van der Waals surface area contributed by atoms with E-state index in [1.165, 1.54) is 16.3 Å². The first kappa shape index (κ1) is 15.9. The lowest BCUT2D eigenvalue weighted by Crippen LogP contribution is -2.25. The first-order valence-electron chi connectivity index (χ1n) is 8.71. The van der Waals surface area contributed by atoms with Gasteiger partial charge >= 0.3 is 0 Å². The van der Waals surface area contributed by atoms with Crippen LogP contribution in [0.4, 0.5) is 0 Å². The molecule has 0 spiro atoms. The number of carbonyl (C=O) groups excluding carboxylic acids is 1. The van der Waals surface area contributed by atoms with Gasteiger partial charge in [-0.05, 0) is 39.8 Å². The molecule has 1 aliphatic rings. The van der Waals surface area contributed by atoms with Gasteiger partial charge in [-0.15, -0.1) is 0 Å². The van der Waals surface area contributed by atoms with Gasteiger partial charge in [-0.25, -0.2) is 0 Å². The zero-order valence-corrected chi connectivity index (χ0v) is 14.0. The molecule has 2 atom stereocenters. The van der Waals surface area contributed by atoms with Crippen molar-refractivity contribution < 1.29 is 9.90 Å². The van der Waals surface area contributed by atoms with Gasteiger partial charge in [0.05, 0.1) is 6.61 Å². The molecule has 3 nitrogen and oxygen atoms in total. The highest BCUT2D eigenvalue weighted by molar-refractivity contribution is 5.89. The van der Waals surface area contributed by atoms with Gasteiger partial charge in [0.15, 0.2) is 0 Å². The Balaban J connectivity index is 1.45. The van der Waals surface area contributed by atoms with E-state index in [2.05, 4.69) is 41.7 Å². The minimum Gasteiger partial charge on any atom is -0.392 e. The zero-order chi connectivity index (χ0) is 17.2. The van der Waals surface area contributed by atoms with Gasteiger partial charge in [0.25, 0.3) is 0 Å². The van der Waals surface area contributed by atoms with Crippen LogP contribution in [0.2, 0.25) is 0 Å². The Hall–Kier alpha value is -2.65. The number of hydrogen-bond donors (Lipinski definition) is 2. The van der Waals surface area contributed by atoms with Gasteiger partial charge in [0.1, 0.15) is 0 Å². The van der Waals surface area contributed by atoms with Crippen LogP contribution in [0, 0.1) is 5.92 Å². The Kier molecular flexibility index (Phi) is 4.24. The molecule has 1 aliphatic carbocycles. The summed E-state index contributed by atoms with van der Waals surface area (Å²) in [4.78, 5) is 12.5. The fourth-order valence-electron chi connectivity index (χ4n) is 3.60. The van der Waals surface area contributed by atoms with Crippen molar-refractivity contribution in [2.24, 2.45) is 5.92 Å². The normalized spacial score (nSPS) is 18.9. The Morgan fingerprint density at radius 1 is 0.960 bits per heavy atom. The number of aliphatic hydroxyl groups excluding tert-OH is 1. The van der Waals surface area contributed by atoms with Gasteiger partial charge in [0, 0.05) is 12.5 Å². The van der Waals surface area contributed by atoms with E-state index in [1.807, 2.05) is 30.3 Å². The number of hydrogen-bond acceptors (Lipinski definition) is 2. The molecular weight excluding hydrogens is 310 g/mol. The summed E-state index contributed by atoms with van der Waals surface area (Å²) in [5.74, 6) is 0.456. The molecule has 2 unspecified atom stereocenters. The number of rotatable bonds is 5. The summed E-state index contributed by atoms with van der Waals surface area (Å²) >= 11 is 0. The minimum absolute atomic E-state index is 0.00585. The molecule has 3 aromatic rings. The van der Waals surface area contributed by atoms with Gasteiger partial charge in [0.2, 0.25) is 5.91 Å². The maximum Gasteiger partial charge on any atom is 0.224 e. The van der Waals surface area contributed by atoms with Crippen molar-refractivity contribution in [2.75, 3.05) is 0 Å². The van der Waals surface area contributed by atoms with Crippen molar-refractivity contribution in [2.45, 2.75) is 25.5 Å². The molecule has 4 rings (SSSR count). The molecular formula is C22H21NO2. The average Bonchev–Trinajstić information content (AvgIpc) is 3.46. The third kappa shape index (κ3) is 3.15. The quantitative estimate of drug-likeness (QED) is 0.748. The van der Waals surface area contributed by atoms with Crippen LogP contribution in [0.15, 0.2) is 66.7 Å². The fourth-order valence-corrected chi connectivity index (χ4v) is 3.60. The molecule has 1 amide bonds. The maximum absolute atomic E-state index is 12.5. The number of carbonyl (C=O) groups is 1. The first-order chi connectivity index (χ1) is 12.3. The number of amides is 1. The van der Waals surface area contributed by atoms with Crippen molar-refractivity contribution in [1.82, 2.24) is 5.32 Å². The van der Waals surface area contributed by atoms with E-state index in [4.69, 9.17) is 0 Å². The van der Waals surface area contributed by atoms with Crippen LogP contribution in [-0.4, -0.2) is 11.0 Å². The van der Waals surface area contributed by atoms with Crippen LogP contribution < -0.4 is 5.32 Å². The second-order valence-corrected chi connectivity index (χ2v) is 6.66. The maximum atomic E-state index is 12.5. The van der Waals surface area contributed by atoms with Gasteiger partial charge < -0.3 is 10.4 Å². The lowest BCUT2D eigenvalue weighted by atomic mass is 10.00. The van der Waals surface area contributed by atoms with Crippen LogP contribution in [0.3, 0.4) is 0 Å². The van der Waals surface area contributed by atoms with E-state index < -0.39 is 0 Å². The molecule has 3 heteroatoms. The van der Waals surface area contributed by atoms with Crippen LogP contribution >= 0.6 is 0 Å². The smallest absolute Gasteiger partial charge is 0.224 e. The van der Waals surface area contributed by atoms with E-state index in [0.717, 1.165) is 17.5 Å². The highest BCUT2D eigenvalue weighted by atomic mass is 16.3. The molecule has 0 saturated heterocycles. The molecule has 0 bridgehead atoms. The number of aliphatic hydroxyl groups is 1. The third-order valence-electron chi connectivity index (χ3n) is 5.09. The summed E-state index contributed by atoms with van der Waals surface area (Å²) < 4.78 is 0. The third-order valence-corrected chi connectivity index (χ3v) is 5.09. The predicted molar refractivity (Wildman–Crippen MR) is 99.0 cm³/mol.